The Morgan fingerprint density at radius 3 is 2.75 bits per heavy atom. The van der Waals surface area contributed by atoms with Gasteiger partial charge in [-0.2, -0.15) is 0 Å². The zero-order valence-electron chi connectivity index (χ0n) is 4.89. The highest BCUT2D eigenvalue weighted by Crippen LogP contribution is 1.91. The van der Waals surface area contributed by atoms with Gasteiger partial charge in [0.05, 0.1) is 7.11 Å². The van der Waals surface area contributed by atoms with Gasteiger partial charge in [-0.25, -0.2) is 0 Å². The van der Waals surface area contributed by atoms with Crippen molar-refractivity contribution < 1.29 is 9.84 Å². The Hall–Kier alpha value is -0.150. The predicted molar refractivity (Wildman–Crippen MR) is 35.9 cm³/mol. The highest BCUT2D eigenvalue weighted by atomic mass is 32.1. The Labute approximate surface area is 54.5 Å². The lowest BCUT2D eigenvalue weighted by Crippen LogP contribution is -1.97. The molecule has 0 aromatic carbocycles. The highest BCUT2D eigenvalue weighted by Gasteiger charge is 1.90. The number of ether oxygens (including phenoxy) is 1. The number of aliphatic hydroxyl groups excluding tert-OH is 1. The SMILES string of the molecule is COC(=S)CCCO. The first-order chi connectivity index (χ1) is 3.81. The Kier molecular flexibility index (Phi) is 4.90. The summed E-state index contributed by atoms with van der Waals surface area (Å²) in [5.41, 5.74) is 0. The maximum Gasteiger partial charge on any atom is 0.159 e. The van der Waals surface area contributed by atoms with Crippen LogP contribution < -0.4 is 0 Å². The maximum atomic E-state index is 8.30. The average Bonchev–Trinajstić information content (AvgIpc) is 1.83. The fraction of sp³-hybridized carbons (Fsp3) is 0.800. The second-order valence-corrected chi connectivity index (χ2v) is 1.86. The first-order valence-corrected chi connectivity index (χ1v) is 2.89. The van der Waals surface area contributed by atoms with E-state index in [1.807, 2.05) is 0 Å². The van der Waals surface area contributed by atoms with Crippen LogP contribution in [0.4, 0.5) is 0 Å². The van der Waals surface area contributed by atoms with Gasteiger partial charge in [0.2, 0.25) is 0 Å². The average molecular weight is 134 g/mol. The van der Waals surface area contributed by atoms with Crippen LogP contribution in [0.1, 0.15) is 12.8 Å². The Balaban J connectivity index is 2.99. The van der Waals surface area contributed by atoms with E-state index in [-0.39, 0.29) is 6.61 Å². The van der Waals surface area contributed by atoms with Crippen molar-refractivity contribution in [3.05, 3.63) is 0 Å². The molecule has 0 atom stereocenters. The van der Waals surface area contributed by atoms with Gasteiger partial charge >= 0.3 is 0 Å². The Morgan fingerprint density at radius 2 is 2.38 bits per heavy atom. The van der Waals surface area contributed by atoms with Crippen molar-refractivity contribution in [2.45, 2.75) is 12.8 Å². The molecule has 0 aromatic rings. The number of thiocarbonyl (C=S) groups is 1. The highest BCUT2D eigenvalue weighted by molar-refractivity contribution is 7.80. The number of methoxy groups -OCH3 is 1. The van der Waals surface area contributed by atoms with Crippen molar-refractivity contribution in [2.24, 2.45) is 0 Å². The van der Waals surface area contributed by atoms with Gasteiger partial charge in [-0.3, -0.25) is 0 Å². The molecule has 0 bridgehead atoms. The van der Waals surface area contributed by atoms with E-state index in [0.717, 1.165) is 0 Å². The van der Waals surface area contributed by atoms with Crippen LogP contribution in [0, 0.1) is 0 Å². The van der Waals surface area contributed by atoms with Crippen LogP contribution in [0.25, 0.3) is 0 Å². The minimum absolute atomic E-state index is 0.184. The van der Waals surface area contributed by atoms with Crippen LogP contribution in [-0.4, -0.2) is 23.9 Å². The summed E-state index contributed by atoms with van der Waals surface area (Å²) in [6.45, 7) is 0.184. The lowest BCUT2D eigenvalue weighted by atomic mass is 10.3. The Morgan fingerprint density at radius 1 is 1.75 bits per heavy atom. The fourth-order valence-corrected chi connectivity index (χ4v) is 0.470. The first-order valence-electron chi connectivity index (χ1n) is 2.49. The standard InChI is InChI=1S/C5H10O2S/c1-7-5(8)3-2-4-6/h6H,2-4H2,1H3. The zero-order chi connectivity index (χ0) is 6.41. The summed E-state index contributed by atoms with van der Waals surface area (Å²) in [4.78, 5) is 0. The van der Waals surface area contributed by atoms with Crippen LogP contribution >= 0.6 is 12.2 Å². The van der Waals surface area contributed by atoms with E-state index < -0.39 is 0 Å². The van der Waals surface area contributed by atoms with E-state index >= 15 is 0 Å². The molecule has 0 amide bonds. The van der Waals surface area contributed by atoms with E-state index in [1.165, 1.54) is 0 Å². The van der Waals surface area contributed by atoms with Crippen LogP contribution in [-0.2, 0) is 4.74 Å². The molecule has 0 unspecified atom stereocenters. The van der Waals surface area contributed by atoms with Crippen molar-refractivity contribution >= 4 is 17.3 Å². The van der Waals surface area contributed by atoms with Gasteiger partial charge in [0.15, 0.2) is 5.05 Å². The number of rotatable bonds is 3. The molecule has 0 heterocycles. The smallest absolute Gasteiger partial charge is 0.159 e. The molecule has 0 rings (SSSR count). The van der Waals surface area contributed by atoms with E-state index in [4.69, 9.17) is 5.11 Å². The lowest BCUT2D eigenvalue weighted by molar-refractivity contribution is 0.286. The van der Waals surface area contributed by atoms with Gasteiger partial charge in [0, 0.05) is 13.0 Å². The number of hydrogen-bond donors (Lipinski definition) is 1. The van der Waals surface area contributed by atoms with Crippen LogP contribution in [0.15, 0.2) is 0 Å². The molecule has 8 heavy (non-hydrogen) atoms. The number of aliphatic hydroxyl groups is 1. The summed E-state index contributed by atoms with van der Waals surface area (Å²) in [6, 6.07) is 0. The molecule has 0 aromatic heterocycles. The molecule has 2 nitrogen and oxygen atoms in total. The largest absolute Gasteiger partial charge is 0.490 e. The molecule has 48 valence electrons. The van der Waals surface area contributed by atoms with Crippen molar-refractivity contribution in [3.8, 4) is 0 Å². The minimum Gasteiger partial charge on any atom is -0.490 e. The molecular weight excluding hydrogens is 124 g/mol. The molecule has 0 saturated heterocycles. The van der Waals surface area contributed by atoms with E-state index in [2.05, 4.69) is 17.0 Å². The maximum absolute atomic E-state index is 8.30. The van der Waals surface area contributed by atoms with Crippen LogP contribution in [0.2, 0.25) is 0 Å². The normalized spacial score (nSPS) is 8.75. The van der Waals surface area contributed by atoms with Gasteiger partial charge in [0.1, 0.15) is 0 Å². The van der Waals surface area contributed by atoms with E-state index in [1.54, 1.807) is 7.11 Å². The van der Waals surface area contributed by atoms with Crippen LogP contribution in [0.3, 0.4) is 0 Å². The van der Waals surface area contributed by atoms with Crippen LogP contribution in [0.5, 0.6) is 0 Å². The summed E-state index contributed by atoms with van der Waals surface area (Å²) in [7, 11) is 1.54. The van der Waals surface area contributed by atoms with Crippen molar-refractivity contribution in [2.75, 3.05) is 13.7 Å². The second-order valence-electron chi connectivity index (χ2n) is 1.40. The summed E-state index contributed by atoms with van der Waals surface area (Å²) in [5, 5.41) is 8.86. The lowest BCUT2D eigenvalue weighted by Gasteiger charge is -1.97. The second kappa shape index (κ2) is 5.00. The third-order valence-corrected chi connectivity index (χ3v) is 1.14. The molecular formula is C5H10O2S. The quantitative estimate of drug-likeness (QED) is 0.577. The summed E-state index contributed by atoms with van der Waals surface area (Å²) in [5.74, 6) is 0. The first kappa shape index (κ1) is 7.85. The monoisotopic (exact) mass is 134 g/mol. The third kappa shape index (κ3) is 4.02. The minimum atomic E-state index is 0.184. The summed E-state index contributed by atoms with van der Waals surface area (Å²) < 4.78 is 4.67. The summed E-state index contributed by atoms with van der Waals surface area (Å²) in [6.07, 6.45) is 1.38. The molecule has 0 saturated carbocycles. The van der Waals surface area contributed by atoms with Gasteiger partial charge in [-0.15, -0.1) is 0 Å². The molecule has 3 heteroatoms. The van der Waals surface area contributed by atoms with Gasteiger partial charge in [-0.05, 0) is 18.6 Å². The third-order valence-electron chi connectivity index (χ3n) is 0.767. The molecule has 0 radical (unpaired) electrons. The van der Waals surface area contributed by atoms with E-state index in [9.17, 15) is 0 Å². The Bertz CT molecular complexity index is 72.8. The number of hydrogen-bond acceptors (Lipinski definition) is 3. The fourth-order valence-electron chi connectivity index (χ4n) is 0.325. The molecule has 1 N–H and O–H groups in total. The van der Waals surface area contributed by atoms with Gasteiger partial charge < -0.3 is 9.84 Å². The van der Waals surface area contributed by atoms with Gasteiger partial charge in [0.25, 0.3) is 0 Å². The topological polar surface area (TPSA) is 29.5 Å². The predicted octanol–water partition coefficient (Wildman–Crippen LogP) is 0.733. The van der Waals surface area contributed by atoms with E-state index in [0.29, 0.717) is 17.9 Å². The molecule has 0 aliphatic carbocycles. The molecule has 0 fully saturated rings. The molecule has 0 spiro atoms. The molecule has 0 aliphatic heterocycles. The van der Waals surface area contributed by atoms with Crippen molar-refractivity contribution in [1.82, 2.24) is 0 Å². The van der Waals surface area contributed by atoms with Gasteiger partial charge in [-0.1, -0.05) is 0 Å². The molecule has 0 aliphatic rings. The zero-order valence-corrected chi connectivity index (χ0v) is 5.70. The summed E-state index contributed by atoms with van der Waals surface area (Å²) >= 11 is 4.69. The van der Waals surface area contributed by atoms with Crippen molar-refractivity contribution in [3.63, 3.8) is 0 Å². The van der Waals surface area contributed by atoms with Crippen molar-refractivity contribution in [1.29, 1.82) is 0 Å².